The standard InChI is InChI=1S/C22H27F2N5O4S.Na/c23-21(24)28-13-17(12-25-28)29(16-7-9-33-10-8-16)34(31,32)27-22(30)26-20-18-5-1-3-14(18)11-15-4-2-6-19(15)20;/h11-13,16,21H,1-10H2,(H2,26,27,30);/q;+1/p-1. The van der Waals surface area contributed by atoms with Crippen LogP contribution >= 0.6 is 0 Å². The van der Waals surface area contributed by atoms with E-state index in [-0.39, 0.29) is 35.2 Å². The second kappa shape index (κ2) is 10.7. The Labute approximate surface area is 225 Å². The molecule has 13 heteroatoms. The van der Waals surface area contributed by atoms with E-state index in [1.165, 1.54) is 11.1 Å². The molecular formula is C22H26F2N5NaO4S. The number of ether oxygens (including phenoxy) is 1. The zero-order valence-electron chi connectivity index (χ0n) is 19.5. The number of amides is 2. The van der Waals surface area contributed by atoms with E-state index < -0.39 is 28.8 Å². The number of carbonyl (C=O) groups excluding carboxylic acids is 1. The maximum Gasteiger partial charge on any atom is 1.00 e. The normalized spacial score (nSPS) is 17.6. The fourth-order valence-electron chi connectivity index (χ4n) is 5.25. The first-order valence-electron chi connectivity index (χ1n) is 11.5. The van der Waals surface area contributed by atoms with Crippen molar-refractivity contribution in [1.29, 1.82) is 0 Å². The number of alkyl halides is 2. The topological polar surface area (TPSA) is 108 Å². The first kappa shape index (κ1) is 26.3. The van der Waals surface area contributed by atoms with Gasteiger partial charge in [0.15, 0.2) is 6.03 Å². The molecule has 0 bridgehead atoms. The Bertz CT molecular complexity index is 1170. The average Bonchev–Trinajstić information content (AvgIpc) is 3.54. The van der Waals surface area contributed by atoms with Gasteiger partial charge in [-0.1, -0.05) is 6.07 Å². The second-order valence-electron chi connectivity index (χ2n) is 8.83. The monoisotopic (exact) mass is 517 g/mol. The molecule has 2 aromatic rings. The Kier molecular flexibility index (Phi) is 8.06. The second-order valence-corrected chi connectivity index (χ2v) is 10.3. The third-order valence-corrected chi connectivity index (χ3v) is 8.12. The Hall–Kier alpha value is -1.73. The third kappa shape index (κ3) is 5.36. The molecule has 9 nitrogen and oxygen atoms in total. The Morgan fingerprint density at radius 1 is 1.14 bits per heavy atom. The fourth-order valence-corrected chi connectivity index (χ4v) is 6.54. The minimum absolute atomic E-state index is 0. The number of anilines is 2. The van der Waals surface area contributed by atoms with E-state index in [2.05, 4.69) is 21.2 Å². The maximum atomic E-state index is 13.3. The average molecular weight is 518 g/mol. The Morgan fingerprint density at radius 3 is 2.34 bits per heavy atom. The molecular weight excluding hydrogens is 491 g/mol. The van der Waals surface area contributed by atoms with Crippen molar-refractivity contribution in [1.82, 2.24) is 9.78 Å². The number of aryl methyl sites for hydroxylation is 2. The van der Waals surface area contributed by atoms with Gasteiger partial charge in [-0.25, -0.2) is 13.1 Å². The van der Waals surface area contributed by atoms with Crippen LogP contribution in [-0.2, 0) is 40.6 Å². The van der Waals surface area contributed by atoms with Crippen LogP contribution in [0.5, 0.6) is 0 Å². The Morgan fingerprint density at radius 2 is 1.77 bits per heavy atom. The van der Waals surface area contributed by atoms with Crippen LogP contribution in [-0.4, -0.2) is 43.5 Å². The number of fused-ring (bicyclic) bond motifs is 2. The molecule has 1 aromatic carbocycles. The molecule has 0 saturated carbocycles. The molecule has 0 radical (unpaired) electrons. The fraction of sp³-hybridized carbons (Fsp3) is 0.545. The Balaban J connectivity index is 0.00000289. The van der Waals surface area contributed by atoms with Gasteiger partial charge in [-0.05, 0) is 79.3 Å². The van der Waals surface area contributed by atoms with Crippen molar-refractivity contribution in [2.24, 2.45) is 0 Å². The number of nitrogens with zero attached hydrogens (tertiary/aromatic N) is 4. The minimum Gasteiger partial charge on any atom is -0.423 e. The van der Waals surface area contributed by atoms with Gasteiger partial charge in [0.2, 0.25) is 0 Å². The molecule has 5 rings (SSSR count). The third-order valence-electron chi connectivity index (χ3n) is 6.72. The van der Waals surface area contributed by atoms with Gasteiger partial charge in [0.25, 0.3) is 10.2 Å². The van der Waals surface area contributed by atoms with Gasteiger partial charge in [-0.3, -0.25) is 9.10 Å². The summed E-state index contributed by atoms with van der Waals surface area (Å²) in [5.74, 6) is 0. The number of urea groups is 1. The van der Waals surface area contributed by atoms with Gasteiger partial charge < -0.3 is 14.8 Å². The molecule has 184 valence electrons. The summed E-state index contributed by atoms with van der Waals surface area (Å²) in [7, 11) is -4.54. The molecule has 1 aromatic heterocycles. The van der Waals surface area contributed by atoms with E-state index in [0.717, 1.165) is 66.4 Å². The van der Waals surface area contributed by atoms with Crippen LogP contribution < -0.4 is 39.2 Å². The molecule has 0 unspecified atom stereocenters. The summed E-state index contributed by atoms with van der Waals surface area (Å²) >= 11 is 0. The van der Waals surface area contributed by atoms with Crippen molar-refractivity contribution >= 4 is 27.6 Å². The van der Waals surface area contributed by atoms with Gasteiger partial charge in [0.05, 0.1) is 18.1 Å². The molecule has 0 atom stereocenters. The van der Waals surface area contributed by atoms with Crippen molar-refractivity contribution in [3.05, 3.63) is 45.4 Å². The minimum atomic E-state index is -4.54. The number of rotatable bonds is 6. The largest absolute Gasteiger partial charge is 1.00 e. The smallest absolute Gasteiger partial charge is 0.423 e. The number of aromatic nitrogens is 2. The number of hydrogen-bond acceptors (Lipinski definition) is 5. The van der Waals surface area contributed by atoms with Crippen LogP contribution in [0.3, 0.4) is 0 Å². The van der Waals surface area contributed by atoms with Crippen molar-refractivity contribution < 1.29 is 56.3 Å². The summed E-state index contributed by atoms with van der Waals surface area (Å²) in [6.45, 7) is -2.29. The number of halogens is 2. The van der Waals surface area contributed by atoms with E-state index in [9.17, 15) is 22.0 Å². The van der Waals surface area contributed by atoms with E-state index in [4.69, 9.17) is 4.74 Å². The molecule has 2 heterocycles. The number of nitrogens with one attached hydrogen (secondary N) is 1. The summed E-state index contributed by atoms with van der Waals surface area (Å²) < 4.78 is 62.9. The zero-order chi connectivity index (χ0) is 23.9. The summed E-state index contributed by atoms with van der Waals surface area (Å²) in [4.78, 5) is 12.9. The molecule has 1 N–H and O–H groups in total. The first-order valence-corrected chi connectivity index (χ1v) is 12.9. The van der Waals surface area contributed by atoms with Crippen LogP contribution in [0.25, 0.3) is 4.72 Å². The van der Waals surface area contributed by atoms with E-state index in [1.54, 1.807) is 0 Å². The summed E-state index contributed by atoms with van der Waals surface area (Å²) in [6, 6.07) is 0.630. The SMILES string of the molecule is O=C([N-]S(=O)(=O)N(c1cnn(C(F)F)c1)C1CCOCC1)Nc1c2c(cc3c1CCC3)CCC2.[Na+]. The van der Waals surface area contributed by atoms with Gasteiger partial charge >= 0.3 is 36.1 Å². The van der Waals surface area contributed by atoms with Crippen LogP contribution in [0.2, 0.25) is 0 Å². The van der Waals surface area contributed by atoms with Crippen LogP contribution in [0, 0.1) is 0 Å². The van der Waals surface area contributed by atoms with Crippen LogP contribution in [0.15, 0.2) is 18.5 Å². The quantitative estimate of drug-likeness (QED) is 0.578. The van der Waals surface area contributed by atoms with E-state index in [0.29, 0.717) is 36.4 Å². The number of carbonyl (C=O) groups is 1. The zero-order valence-corrected chi connectivity index (χ0v) is 22.4. The van der Waals surface area contributed by atoms with E-state index >= 15 is 0 Å². The summed E-state index contributed by atoms with van der Waals surface area (Å²) in [5, 5.41) is 6.31. The molecule has 1 fully saturated rings. The van der Waals surface area contributed by atoms with Gasteiger partial charge in [0.1, 0.15) is 0 Å². The number of hydrogen-bond donors (Lipinski definition) is 1. The van der Waals surface area contributed by atoms with Gasteiger partial charge in [-0.15, -0.1) is 0 Å². The molecule has 3 aliphatic rings. The molecule has 2 amide bonds. The van der Waals surface area contributed by atoms with Gasteiger partial charge in [-0.2, -0.15) is 13.9 Å². The maximum absolute atomic E-state index is 13.3. The van der Waals surface area contributed by atoms with E-state index in [1.807, 2.05) is 0 Å². The predicted molar refractivity (Wildman–Crippen MR) is 122 cm³/mol. The molecule has 1 saturated heterocycles. The molecule has 35 heavy (non-hydrogen) atoms. The predicted octanol–water partition coefficient (Wildman–Crippen LogP) is 1.10. The van der Waals surface area contributed by atoms with Crippen molar-refractivity contribution in [2.75, 3.05) is 22.8 Å². The van der Waals surface area contributed by atoms with Crippen LogP contribution in [0.1, 0.15) is 54.5 Å². The van der Waals surface area contributed by atoms with Gasteiger partial charge in [0, 0.05) is 19.3 Å². The summed E-state index contributed by atoms with van der Waals surface area (Å²) in [6.07, 6.45) is 8.18. The van der Waals surface area contributed by atoms with Crippen molar-refractivity contribution in [3.8, 4) is 0 Å². The summed E-state index contributed by atoms with van der Waals surface area (Å²) in [5.41, 5.74) is 5.13. The van der Waals surface area contributed by atoms with Crippen molar-refractivity contribution in [2.45, 2.75) is 64.0 Å². The van der Waals surface area contributed by atoms with Crippen molar-refractivity contribution in [3.63, 3.8) is 0 Å². The number of benzene rings is 1. The van der Waals surface area contributed by atoms with Crippen LogP contribution in [0.4, 0.5) is 25.0 Å². The molecule has 2 aliphatic carbocycles. The first-order chi connectivity index (χ1) is 16.3. The molecule has 0 spiro atoms. The molecule has 1 aliphatic heterocycles.